The predicted molar refractivity (Wildman–Crippen MR) is 70.3 cm³/mol. The first-order valence-electron chi connectivity index (χ1n) is 5.47. The van der Waals surface area contributed by atoms with E-state index in [9.17, 15) is 0 Å². The van der Waals surface area contributed by atoms with Crippen LogP contribution in [0.25, 0.3) is 0 Å². The summed E-state index contributed by atoms with van der Waals surface area (Å²) in [7, 11) is 4.10. The van der Waals surface area contributed by atoms with E-state index < -0.39 is 0 Å². The number of hydrogen-bond donors (Lipinski definition) is 1. The molecule has 0 saturated carbocycles. The van der Waals surface area contributed by atoms with Crippen LogP contribution in [0.3, 0.4) is 0 Å². The first-order chi connectivity index (χ1) is 6.58. The molecule has 0 aliphatic carbocycles. The van der Waals surface area contributed by atoms with Gasteiger partial charge in [0.15, 0.2) is 0 Å². The van der Waals surface area contributed by atoms with E-state index in [0.29, 0.717) is 0 Å². The van der Waals surface area contributed by atoms with Crippen LogP contribution in [0.2, 0.25) is 0 Å². The van der Waals surface area contributed by atoms with Gasteiger partial charge in [0.05, 0.1) is 0 Å². The standard InChI is InChI=1S/C8H19N.C3H8BrN/c1-5-9(4)7-6-8(2)3;1-5-3-2-4/h8H,5-7H2,1-4H3;5H,2-3H2,1H3. The van der Waals surface area contributed by atoms with Gasteiger partial charge in [-0.15, -0.1) is 0 Å². The van der Waals surface area contributed by atoms with Gasteiger partial charge >= 0.3 is 0 Å². The van der Waals surface area contributed by atoms with Gasteiger partial charge in [-0.05, 0) is 39.5 Å². The Morgan fingerprint density at radius 2 is 1.93 bits per heavy atom. The van der Waals surface area contributed by atoms with Gasteiger partial charge in [0.25, 0.3) is 0 Å². The first kappa shape index (κ1) is 16.8. The molecule has 2 nitrogen and oxygen atoms in total. The summed E-state index contributed by atoms with van der Waals surface area (Å²) in [5.74, 6) is 0.846. The Balaban J connectivity index is 0. The van der Waals surface area contributed by atoms with Crippen LogP contribution >= 0.6 is 15.9 Å². The molecular weight excluding hydrogens is 240 g/mol. The maximum atomic E-state index is 3.25. The minimum Gasteiger partial charge on any atom is -0.319 e. The molecule has 0 aromatic rings. The Hall–Kier alpha value is 0.400. The molecule has 0 heterocycles. The van der Waals surface area contributed by atoms with Crippen LogP contribution < -0.4 is 5.32 Å². The first-order valence-corrected chi connectivity index (χ1v) is 6.59. The van der Waals surface area contributed by atoms with Crippen molar-refractivity contribution in [3.63, 3.8) is 0 Å². The molecule has 0 radical (unpaired) electrons. The molecule has 0 atom stereocenters. The maximum Gasteiger partial charge on any atom is 0.0157 e. The van der Waals surface area contributed by atoms with Gasteiger partial charge in [0.1, 0.15) is 0 Å². The van der Waals surface area contributed by atoms with Crippen LogP contribution in [0.15, 0.2) is 0 Å². The summed E-state index contributed by atoms with van der Waals surface area (Å²) < 4.78 is 0. The van der Waals surface area contributed by atoms with E-state index in [1.807, 2.05) is 7.05 Å². The van der Waals surface area contributed by atoms with Gasteiger partial charge in [-0.2, -0.15) is 0 Å². The molecule has 0 spiro atoms. The van der Waals surface area contributed by atoms with Gasteiger partial charge in [0.2, 0.25) is 0 Å². The fourth-order valence-corrected chi connectivity index (χ4v) is 1.13. The molecule has 0 aliphatic rings. The number of alkyl halides is 1. The summed E-state index contributed by atoms with van der Waals surface area (Å²) in [6, 6.07) is 0. The lowest BCUT2D eigenvalue weighted by Crippen LogP contribution is -2.19. The van der Waals surface area contributed by atoms with Crippen molar-refractivity contribution < 1.29 is 0 Å². The quantitative estimate of drug-likeness (QED) is 0.744. The second-order valence-corrected chi connectivity index (χ2v) is 4.66. The van der Waals surface area contributed by atoms with Gasteiger partial charge in [-0.3, -0.25) is 0 Å². The van der Waals surface area contributed by atoms with Crippen LogP contribution in [-0.4, -0.2) is 44.0 Å². The maximum absolute atomic E-state index is 3.25. The van der Waals surface area contributed by atoms with Gasteiger partial charge in [-0.25, -0.2) is 0 Å². The second kappa shape index (κ2) is 13.4. The Morgan fingerprint density at radius 3 is 2.14 bits per heavy atom. The largest absolute Gasteiger partial charge is 0.319 e. The Labute approximate surface area is 98.6 Å². The zero-order valence-corrected chi connectivity index (χ0v) is 12.0. The Morgan fingerprint density at radius 1 is 1.36 bits per heavy atom. The third kappa shape index (κ3) is 18.2. The fourth-order valence-electron chi connectivity index (χ4n) is 0.731. The van der Waals surface area contributed by atoms with Gasteiger partial charge in [-0.1, -0.05) is 36.7 Å². The van der Waals surface area contributed by atoms with Crippen LogP contribution in [0.1, 0.15) is 27.2 Å². The highest BCUT2D eigenvalue weighted by atomic mass is 79.9. The second-order valence-electron chi connectivity index (χ2n) is 3.87. The van der Waals surface area contributed by atoms with E-state index in [2.05, 4.69) is 54.0 Å². The van der Waals surface area contributed by atoms with Gasteiger partial charge in [0, 0.05) is 11.9 Å². The lowest BCUT2D eigenvalue weighted by Gasteiger charge is -2.14. The topological polar surface area (TPSA) is 15.3 Å². The molecule has 0 unspecified atom stereocenters. The summed E-state index contributed by atoms with van der Waals surface area (Å²) in [4.78, 5) is 2.35. The summed E-state index contributed by atoms with van der Waals surface area (Å²) in [6.07, 6.45) is 1.32. The van der Waals surface area contributed by atoms with E-state index in [1.165, 1.54) is 19.5 Å². The lowest BCUT2D eigenvalue weighted by atomic mass is 10.1. The average molecular weight is 267 g/mol. The molecule has 3 heteroatoms. The highest BCUT2D eigenvalue weighted by Gasteiger charge is 1.96. The summed E-state index contributed by atoms with van der Waals surface area (Å²) in [5, 5.41) is 4.02. The number of halogens is 1. The lowest BCUT2D eigenvalue weighted by molar-refractivity contribution is 0.326. The molecule has 1 N–H and O–H groups in total. The highest BCUT2D eigenvalue weighted by molar-refractivity contribution is 9.09. The number of rotatable bonds is 6. The monoisotopic (exact) mass is 266 g/mol. The third-order valence-corrected chi connectivity index (χ3v) is 2.37. The molecule has 0 bridgehead atoms. The zero-order valence-electron chi connectivity index (χ0n) is 10.4. The fraction of sp³-hybridized carbons (Fsp3) is 1.00. The van der Waals surface area contributed by atoms with E-state index in [4.69, 9.17) is 0 Å². The molecular formula is C11H27BrN2. The van der Waals surface area contributed by atoms with Crippen molar-refractivity contribution in [2.45, 2.75) is 27.2 Å². The molecule has 0 amide bonds. The number of nitrogens with zero attached hydrogens (tertiary/aromatic N) is 1. The summed E-state index contributed by atoms with van der Waals surface area (Å²) in [5.41, 5.74) is 0. The summed E-state index contributed by atoms with van der Waals surface area (Å²) in [6.45, 7) is 10.2. The molecule has 14 heavy (non-hydrogen) atoms. The van der Waals surface area contributed by atoms with E-state index >= 15 is 0 Å². The molecule has 0 fully saturated rings. The van der Waals surface area contributed by atoms with Crippen molar-refractivity contribution in [1.29, 1.82) is 0 Å². The number of nitrogens with one attached hydrogen (secondary N) is 1. The highest BCUT2D eigenvalue weighted by Crippen LogP contribution is 1.99. The van der Waals surface area contributed by atoms with Crippen molar-refractivity contribution in [3.8, 4) is 0 Å². The molecule has 0 rings (SSSR count). The van der Waals surface area contributed by atoms with Crippen molar-refractivity contribution in [1.82, 2.24) is 10.2 Å². The Bertz CT molecular complexity index is 95.3. The average Bonchev–Trinajstić information content (AvgIpc) is 2.16. The normalized spacial score (nSPS) is 10.3. The van der Waals surface area contributed by atoms with Crippen LogP contribution in [-0.2, 0) is 0 Å². The van der Waals surface area contributed by atoms with Gasteiger partial charge < -0.3 is 10.2 Å². The van der Waals surface area contributed by atoms with Crippen LogP contribution in [0.4, 0.5) is 0 Å². The minimum atomic E-state index is 0.846. The zero-order chi connectivity index (χ0) is 11.4. The third-order valence-electron chi connectivity index (χ3n) is 1.97. The molecule has 0 aromatic heterocycles. The van der Waals surface area contributed by atoms with Crippen molar-refractivity contribution in [2.75, 3.05) is 39.1 Å². The van der Waals surface area contributed by atoms with Crippen molar-refractivity contribution >= 4 is 15.9 Å². The molecule has 0 aliphatic heterocycles. The Kier molecular flexibility index (Phi) is 16.1. The van der Waals surface area contributed by atoms with E-state index in [1.54, 1.807) is 0 Å². The SMILES string of the molecule is CCN(C)CCC(C)C.CNCCBr. The molecule has 0 aromatic carbocycles. The van der Waals surface area contributed by atoms with Crippen molar-refractivity contribution in [3.05, 3.63) is 0 Å². The molecule has 0 saturated heterocycles. The minimum absolute atomic E-state index is 0.846. The predicted octanol–water partition coefficient (Wildman–Crippen LogP) is 2.58. The number of hydrogen-bond acceptors (Lipinski definition) is 2. The van der Waals surface area contributed by atoms with E-state index in [-0.39, 0.29) is 0 Å². The van der Waals surface area contributed by atoms with Crippen molar-refractivity contribution in [2.24, 2.45) is 5.92 Å². The molecule has 88 valence electrons. The summed E-state index contributed by atoms with van der Waals surface area (Å²) >= 11 is 3.25. The van der Waals surface area contributed by atoms with Crippen LogP contribution in [0, 0.1) is 5.92 Å². The smallest absolute Gasteiger partial charge is 0.0157 e. The van der Waals surface area contributed by atoms with Crippen LogP contribution in [0.5, 0.6) is 0 Å². The van der Waals surface area contributed by atoms with E-state index in [0.717, 1.165) is 17.8 Å².